The van der Waals surface area contributed by atoms with Crippen LogP contribution in [0.1, 0.15) is 34.8 Å². The van der Waals surface area contributed by atoms with Crippen molar-refractivity contribution in [3.63, 3.8) is 0 Å². The van der Waals surface area contributed by atoms with Crippen LogP contribution in [0.3, 0.4) is 0 Å². The summed E-state index contributed by atoms with van der Waals surface area (Å²) in [5.74, 6) is -0.114. The molecule has 0 aromatic heterocycles. The number of likely N-dealkylation sites (tertiary alicyclic amines) is 1. The molecule has 164 valence electrons. The molecule has 32 heavy (non-hydrogen) atoms. The molecule has 2 heterocycles. The minimum absolute atomic E-state index is 0.0297. The highest BCUT2D eigenvalue weighted by Gasteiger charge is 2.53. The molecule has 0 bridgehead atoms. The molecule has 1 N–H and O–H groups in total. The first kappa shape index (κ1) is 20.6. The Morgan fingerprint density at radius 3 is 2.62 bits per heavy atom. The van der Waals surface area contributed by atoms with Crippen molar-refractivity contribution in [1.29, 1.82) is 0 Å². The zero-order valence-electron chi connectivity index (χ0n) is 18.5. The summed E-state index contributed by atoms with van der Waals surface area (Å²) in [5.41, 5.74) is 3.90. The topological polar surface area (TPSA) is 53.0 Å². The molecule has 0 aliphatic carbocycles. The summed E-state index contributed by atoms with van der Waals surface area (Å²) in [6.45, 7) is 4.37. The highest BCUT2D eigenvalue weighted by Crippen LogP contribution is 2.52. The molecule has 0 amide bonds. The monoisotopic (exact) mass is 428 g/mol. The fraction of sp³-hybridized carbons (Fsp3) is 0.296. The molecule has 2 aliphatic rings. The molecule has 3 aromatic rings. The summed E-state index contributed by atoms with van der Waals surface area (Å²) in [6, 6.07) is 23.0. The van der Waals surface area contributed by atoms with Gasteiger partial charge in [-0.1, -0.05) is 49.4 Å². The predicted molar refractivity (Wildman–Crippen MR) is 125 cm³/mol. The molecule has 5 heteroatoms. The second-order valence-electron chi connectivity index (χ2n) is 9.01. The Labute approximate surface area is 188 Å². The number of fused-ring (bicyclic) bond motifs is 3. The van der Waals surface area contributed by atoms with Crippen LogP contribution in [0.15, 0.2) is 72.8 Å². The Morgan fingerprint density at radius 1 is 1.09 bits per heavy atom. The quantitative estimate of drug-likeness (QED) is 0.476. The van der Waals surface area contributed by atoms with Gasteiger partial charge in [0.1, 0.15) is 17.1 Å². The van der Waals surface area contributed by atoms with Crippen LogP contribution < -0.4 is 9.64 Å². The van der Waals surface area contributed by atoms with E-state index in [2.05, 4.69) is 54.1 Å². The van der Waals surface area contributed by atoms with E-state index in [1.54, 1.807) is 18.2 Å². The maximum absolute atomic E-state index is 12.6. The number of ether oxygens (including phenoxy) is 1. The first-order valence-corrected chi connectivity index (χ1v) is 11.1. The number of carbonyl (C=O) groups excluding carboxylic acids is 1. The molecule has 1 fully saturated rings. The number of hydrogen-bond donors (Lipinski definition) is 1. The summed E-state index contributed by atoms with van der Waals surface area (Å²) in [4.78, 5) is 17.5. The van der Waals surface area contributed by atoms with E-state index in [9.17, 15) is 9.90 Å². The van der Waals surface area contributed by atoms with Gasteiger partial charge in [-0.15, -0.1) is 0 Å². The molecule has 5 nitrogen and oxygen atoms in total. The van der Waals surface area contributed by atoms with Crippen LogP contribution in [-0.4, -0.2) is 42.3 Å². The predicted octanol–water partition coefficient (Wildman–Crippen LogP) is 4.59. The lowest BCUT2D eigenvalue weighted by Crippen LogP contribution is -2.47. The van der Waals surface area contributed by atoms with Crippen molar-refractivity contribution < 1.29 is 14.6 Å². The van der Waals surface area contributed by atoms with E-state index in [1.165, 1.54) is 22.9 Å². The standard InChI is InChI=1S/C27H28N2O3/c1-27-15-17-29(16-14-19-8-4-3-5-9-19)26(27)28(2)23-13-12-20(18-22(23)27)32-25(31)21-10-6-7-11-24(21)30/h3-13,18,26,30H,14-17H2,1-2H3. The van der Waals surface area contributed by atoms with E-state index in [0.29, 0.717) is 5.75 Å². The number of esters is 1. The second-order valence-corrected chi connectivity index (χ2v) is 9.01. The molecule has 3 aromatic carbocycles. The summed E-state index contributed by atoms with van der Waals surface area (Å²) < 4.78 is 5.64. The van der Waals surface area contributed by atoms with Crippen LogP contribution in [0.25, 0.3) is 0 Å². The van der Waals surface area contributed by atoms with Crippen LogP contribution in [0.2, 0.25) is 0 Å². The minimum atomic E-state index is -0.549. The Kier molecular flexibility index (Phi) is 5.14. The van der Waals surface area contributed by atoms with Crippen molar-refractivity contribution in [3.05, 3.63) is 89.5 Å². The molecular weight excluding hydrogens is 400 g/mol. The number of carbonyl (C=O) groups is 1. The van der Waals surface area contributed by atoms with Crippen molar-refractivity contribution in [3.8, 4) is 11.5 Å². The van der Waals surface area contributed by atoms with Gasteiger partial charge in [-0.2, -0.15) is 0 Å². The molecular formula is C27H28N2O3. The normalized spacial score (nSPS) is 21.9. The Morgan fingerprint density at radius 2 is 1.84 bits per heavy atom. The summed E-state index contributed by atoms with van der Waals surface area (Å²) in [6.07, 6.45) is 2.37. The molecule has 2 aliphatic heterocycles. The number of anilines is 1. The lowest BCUT2D eigenvalue weighted by molar-refractivity contribution is 0.0731. The number of rotatable bonds is 5. The average molecular weight is 429 g/mol. The van der Waals surface area contributed by atoms with Gasteiger partial charge in [0.15, 0.2) is 0 Å². The summed E-state index contributed by atoms with van der Waals surface area (Å²) >= 11 is 0. The van der Waals surface area contributed by atoms with Gasteiger partial charge in [-0.05, 0) is 54.3 Å². The zero-order chi connectivity index (χ0) is 22.3. The summed E-state index contributed by atoms with van der Waals surface area (Å²) in [5, 5.41) is 9.96. The number of likely N-dealkylation sites (N-methyl/N-ethyl adjacent to an activating group) is 1. The van der Waals surface area contributed by atoms with Crippen LogP contribution in [0, 0.1) is 0 Å². The molecule has 0 saturated carbocycles. The average Bonchev–Trinajstić information content (AvgIpc) is 3.25. The van der Waals surface area contributed by atoms with E-state index in [0.717, 1.165) is 25.9 Å². The zero-order valence-corrected chi connectivity index (χ0v) is 18.5. The van der Waals surface area contributed by atoms with E-state index >= 15 is 0 Å². The first-order valence-electron chi connectivity index (χ1n) is 11.1. The minimum Gasteiger partial charge on any atom is -0.507 e. The Bertz CT molecular complexity index is 1150. The van der Waals surface area contributed by atoms with Crippen molar-refractivity contribution in [2.45, 2.75) is 31.3 Å². The van der Waals surface area contributed by atoms with Gasteiger partial charge in [0, 0.05) is 31.2 Å². The summed E-state index contributed by atoms with van der Waals surface area (Å²) in [7, 11) is 2.16. The molecule has 0 spiro atoms. The van der Waals surface area contributed by atoms with Crippen molar-refractivity contribution >= 4 is 11.7 Å². The number of phenolic OH excluding ortho intramolecular Hbond substituents is 1. The van der Waals surface area contributed by atoms with Gasteiger partial charge in [0.25, 0.3) is 0 Å². The van der Waals surface area contributed by atoms with E-state index < -0.39 is 5.97 Å². The maximum atomic E-state index is 12.6. The fourth-order valence-electron chi connectivity index (χ4n) is 5.41. The smallest absolute Gasteiger partial charge is 0.347 e. The highest BCUT2D eigenvalue weighted by molar-refractivity contribution is 5.93. The Hall–Kier alpha value is -3.31. The van der Waals surface area contributed by atoms with Gasteiger partial charge in [-0.25, -0.2) is 4.79 Å². The van der Waals surface area contributed by atoms with Gasteiger partial charge in [0.2, 0.25) is 0 Å². The van der Waals surface area contributed by atoms with Crippen molar-refractivity contribution in [2.24, 2.45) is 0 Å². The number of benzene rings is 3. The third-order valence-electron chi connectivity index (χ3n) is 7.03. The number of hydrogen-bond acceptors (Lipinski definition) is 5. The van der Waals surface area contributed by atoms with Gasteiger partial charge in [-0.3, -0.25) is 4.90 Å². The van der Waals surface area contributed by atoms with Crippen LogP contribution in [0.4, 0.5) is 5.69 Å². The second kappa shape index (κ2) is 7.99. The highest BCUT2D eigenvalue weighted by atomic mass is 16.5. The SMILES string of the molecule is CN1c2ccc(OC(=O)c3ccccc3O)cc2C2(C)CCN(CCc3ccccc3)C12. The van der Waals surface area contributed by atoms with Gasteiger partial charge in [0.05, 0.1) is 6.17 Å². The van der Waals surface area contributed by atoms with Crippen LogP contribution >= 0.6 is 0 Å². The Balaban J connectivity index is 1.36. The van der Waals surface area contributed by atoms with Gasteiger partial charge >= 0.3 is 5.97 Å². The molecule has 2 unspecified atom stereocenters. The van der Waals surface area contributed by atoms with Crippen molar-refractivity contribution in [2.75, 3.05) is 25.0 Å². The number of para-hydroxylation sites is 1. The maximum Gasteiger partial charge on any atom is 0.347 e. The van der Waals surface area contributed by atoms with E-state index in [1.807, 2.05) is 18.2 Å². The number of aromatic hydroxyl groups is 1. The van der Waals surface area contributed by atoms with Crippen LogP contribution in [-0.2, 0) is 11.8 Å². The molecule has 0 radical (unpaired) electrons. The number of nitrogens with zero attached hydrogens (tertiary/aromatic N) is 2. The largest absolute Gasteiger partial charge is 0.507 e. The van der Waals surface area contributed by atoms with Crippen molar-refractivity contribution in [1.82, 2.24) is 4.90 Å². The molecule has 2 atom stereocenters. The van der Waals surface area contributed by atoms with E-state index in [-0.39, 0.29) is 22.9 Å². The fourth-order valence-corrected chi connectivity index (χ4v) is 5.41. The van der Waals surface area contributed by atoms with Crippen LogP contribution in [0.5, 0.6) is 11.5 Å². The molecule has 5 rings (SSSR count). The number of phenols is 1. The first-order chi connectivity index (χ1) is 15.5. The third kappa shape index (κ3) is 3.43. The molecule has 1 saturated heterocycles. The lowest BCUT2D eigenvalue weighted by atomic mass is 9.81. The lowest BCUT2D eigenvalue weighted by Gasteiger charge is -2.34. The van der Waals surface area contributed by atoms with E-state index in [4.69, 9.17) is 4.74 Å². The van der Waals surface area contributed by atoms with Gasteiger partial charge < -0.3 is 14.7 Å². The third-order valence-corrected chi connectivity index (χ3v) is 7.03.